The van der Waals surface area contributed by atoms with Gasteiger partial charge in [-0.25, -0.2) is 4.79 Å². The highest BCUT2D eigenvalue weighted by atomic mass is 32.2. The minimum Gasteiger partial charge on any atom is -0.464 e. The van der Waals surface area contributed by atoms with Gasteiger partial charge in [0.25, 0.3) is 0 Å². The molecule has 5 nitrogen and oxygen atoms in total. The van der Waals surface area contributed by atoms with Gasteiger partial charge in [-0.3, -0.25) is 0 Å². The zero-order valence-electron chi connectivity index (χ0n) is 11.8. The molecular formula is C13H22N2O3S. The summed E-state index contributed by atoms with van der Waals surface area (Å²) in [5.74, 6) is 1.55. The van der Waals surface area contributed by atoms with E-state index in [-0.39, 0.29) is 30.0 Å². The Balaban J connectivity index is 2.46. The quantitative estimate of drug-likeness (QED) is 0.748. The van der Waals surface area contributed by atoms with Gasteiger partial charge in [0.15, 0.2) is 0 Å². The van der Waals surface area contributed by atoms with Crippen LogP contribution in [-0.4, -0.2) is 35.3 Å². The number of carbonyl (C=O) groups is 1. The van der Waals surface area contributed by atoms with E-state index < -0.39 is 0 Å². The van der Waals surface area contributed by atoms with Crippen LogP contribution in [0.25, 0.3) is 0 Å². The molecule has 0 aromatic carbocycles. The Bertz CT molecular complexity index is 404. The average Bonchev–Trinajstić information content (AvgIpc) is 2.77. The van der Waals surface area contributed by atoms with E-state index in [2.05, 4.69) is 10.6 Å². The van der Waals surface area contributed by atoms with Gasteiger partial charge >= 0.3 is 6.03 Å². The second-order valence-electron chi connectivity index (χ2n) is 4.53. The van der Waals surface area contributed by atoms with Crippen LogP contribution in [0.15, 0.2) is 16.5 Å². The van der Waals surface area contributed by atoms with Gasteiger partial charge in [-0.1, -0.05) is 0 Å². The van der Waals surface area contributed by atoms with Crippen molar-refractivity contribution in [2.75, 3.05) is 12.9 Å². The summed E-state index contributed by atoms with van der Waals surface area (Å²) < 4.78 is 5.45. The fraction of sp³-hybridized carbons (Fsp3) is 0.615. The number of nitrogens with one attached hydrogen (secondary N) is 2. The largest absolute Gasteiger partial charge is 0.464 e. The molecule has 3 unspecified atom stereocenters. The van der Waals surface area contributed by atoms with Gasteiger partial charge in [0.2, 0.25) is 0 Å². The Kier molecular flexibility index (Phi) is 6.24. The summed E-state index contributed by atoms with van der Waals surface area (Å²) in [7, 11) is 0. The second-order valence-corrected chi connectivity index (χ2v) is 5.61. The molecule has 0 aliphatic heterocycles. The van der Waals surface area contributed by atoms with Crippen LogP contribution in [0.4, 0.5) is 4.79 Å². The molecule has 3 N–H and O–H groups in total. The van der Waals surface area contributed by atoms with Crippen molar-refractivity contribution in [2.45, 2.75) is 38.1 Å². The summed E-state index contributed by atoms with van der Waals surface area (Å²) in [4.78, 5) is 11.8. The predicted molar refractivity (Wildman–Crippen MR) is 77.4 cm³/mol. The monoisotopic (exact) mass is 286 g/mol. The van der Waals surface area contributed by atoms with Crippen LogP contribution < -0.4 is 10.6 Å². The van der Waals surface area contributed by atoms with Gasteiger partial charge in [0.05, 0.1) is 12.6 Å². The molecule has 1 heterocycles. The minimum atomic E-state index is -0.262. The van der Waals surface area contributed by atoms with Crippen molar-refractivity contribution in [3.05, 3.63) is 23.7 Å². The summed E-state index contributed by atoms with van der Waals surface area (Å²) in [6.07, 6.45) is 1.91. The third-order valence-corrected chi connectivity index (χ3v) is 4.10. The summed E-state index contributed by atoms with van der Waals surface area (Å²) in [5.41, 5.74) is 0. The highest BCUT2D eigenvalue weighted by molar-refractivity contribution is 7.99. The number of aryl methyl sites for hydroxylation is 1. The van der Waals surface area contributed by atoms with Crippen LogP contribution in [0, 0.1) is 6.92 Å². The first-order chi connectivity index (χ1) is 8.97. The number of aliphatic hydroxyl groups is 1. The normalized spacial score (nSPS) is 15.6. The zero-order chi connectivity index (χ0) is 14.4. The molecule has 0 radical (unpaired) electrons. The maximum atomic E-state index is 11.8. The molecule has 1 rings (SSSR count). The van der Waals surface area contributed by atoms with Crippen LogP contribution in [-0.2, 0) is 0 Å². The fourth-order valence-electron chi connectivity index (χ4n) is 1.73. The molecule has 0 spiro atoms. The van der Waals surface area contributed by atoms with Crippen LogP contribution in [0.1, 0.15) is 31.4 Å². The SMILES string of the molecule is CSC(CO)C(C)NC(=O)NC(C)c1ccc(C)o1. The number of carbonyl (C=O) groups excluding carboxylic acids is 1. The van der Waals surface area contributed by atoms with E-state index in [4.69, 9.17) is 9.52 Å². The third kappa shape index (κ3) is 4.80. The third-order valence-electron chi connectivity index (χ3n) is 2.93. The molecule has 1 aromatic rings. The number of furan rings is 1. The maximum Gasteiger partial charge on any atom is 0.315 e. The first-order valence-electron chi connectivity index (χ1n) is 6.25. The number of urea groups is 1. The maximum absolute atomic E-state index is 11.8. The van der Waals surface area contributed by atoms with Crippen LogP contribution in [0.3, 0.4) is 0 Å². The molecule has 108 valence electrons. The lowest BCUT2D eigenvalue weighted by atomic mass is 10.2. The van der Waals surface area contributed by atoms with Crippen molar-refractivity contribution in [2.24, 2.45) is 0 Å². The van der Waals surface area contributed by atoms with Crippen LogP contribution >= 0.6 is 11.8 Å². The van der Waals surface area contributed by atoms with Crippen molar-refractivity contribution >= 4 is 17.8 Å². The van der Waals surface area contributed by atoms with Gasteiger partial charge in [0.1, 0.15) is 11.5 Å². The summed E-state index contributed by atoms with van der Waals surface area (Å²) in [6, 6.07) is 3.15. The Labute approximate surface area is 118 Å². The first-order valence-corrected chi connectivity index (χ1v) is 7.53. The van der Waals surface area contributed by atoms with Crippen LogP contribution in [0.5, 0.6) is 0 Å². The van der Waals surface area contributed by atoms with Crippen molar-refractivity contribution < 1.29 is 14.3 Å². The first kappa shape index (κ1) is 15.9. The Hall–Kier alpha value is -1.14. The van der Waals surface area contributed by atoms with E-state index in [0.29, 0.717) is 0 Å². The Morgan fingerprint density at radius 1 is 1.42 bits per heavy atom. The second kappa shape index (κ2) is 7.45. The number of hydrogen-bond acceptors (Lipinski definition) is 4. The number of rotatable bonds is 6. The van der Waals surface area contributed by atoms with Gasteiger partial charge in [-0.15, -0.1) is 0 Å². The molecule has 0 aliphatic rings. The number of hydrogen-bond donors (Lipinski definition) is 3. The highest BCUT2D eigenvalue weighted by Crippen LogP contribution is 2.15. The smallest absolute Gasteiger partial charge is 0.315 e. The van der Waals surface area contributed by atoms with Crippen molar-refractivity contribution in [3.63, 3.8) is 0 Å². The van der Waals surface area contributed by atoms with E-state index in [9.17, 15) is 4.79 Å². The minimum absolute atomic E-state index is 0.00749. The molecule has 3 atom stereocenters. The highest BCUT2D eigenvalue weighted by Gasteiger charge is 2.19. The summed E-state index contributed by atoms with van der Waals surface area (Å²) >= 11 is 1.53. The molecule has 1 aromatic heterocycles. The summed E-state index contributed by atoms with van der Waals surface area (Å²) in [5, 5.41) is 14.8. The number of aliphatic hydroxyl groups excluding tert-OH is 1. The van der Waals surface area contributed by atoms with Gasteiger partial charge in [0, 0.05) is 11.3 Å². The average molecular weight is 286 g/mol. The molecule has 0 aliphatic carbocycles. The lowest BCUT2D eigenvalue weighted by Gasteiger charge is -2.22. The lowest BCUT2D eigenvalue weighted by Crippen LogP contribution is -2.46. The van der Waals surface area contributed by atoms with Gasteiger partial charge in [-0.2, -0.15) is 11.8 Å². The van der Waals surface area contributed by atoms with E-state index >= 15 is 0 Å². The Morgan fingerprint density at radius 3 is 2.58 bits per heavy atom. The van der Waals surface area contributed by atoms with Crippen molar-refractivity contribution in [1.29, 1.82) is 0 Å². The zero-order valence-corrected chi connectivity index (χ0v) is 12.6. The molecule has 6 heteroatoms. The standard InChI is InChI=1S/C13H22N2O3S/c1-8-5-6-11(18-8)9(2)14-13(17)15-10(3)12(7-16)19-4/h5-6,9-10,12,16H,7H2,1-4H3,(H2,14,15,17). The van der Waals surface area contributed by atoms with Crippen molar-refractivity contribution in [1.82, 2.24) is 10.6 Å². The number of amides is 2. The van der Waals surface area contributed by atoms with Crippen LogP contribution in [0.2, 0.25) is 0 Å². The molecule has 0 saturated heterocycles. The summed E-state index contributed by atoms with van der Waals surface area (Å²) in [6.45, 7) is 5.64. The van der Waals surface area contributed by atoms with E-state index in [1.165, 1.54) is 11.8 Å². The van der Waals surface area contributed by atoms with E-state index in [1.807, 2.05) is 39.2 Å². The molecular weight excluding hydrogens is 264 g/mol. The molecule has 0 fully saturated rings. The predicted octanol–water partition coefficient (Wildman–Crippen LogP) is 2.06. The molecule has 0 bridgehead atoms. The fourth-order valence-corrected chi connectivity index (χ4v) is 2.36. The number of thioether (sulfide) groups is 1. The molecule has 2 amide bonds. The van der Waals surface area contributed by atoms with E-state index in [0.717, 1.165) is 11.5 Å². The molecule has 19 heavy (non-hydrogen) atoms. The Morgan fingerprint density at radius 2 is 2.11 bits per heavy atom. The van der Waals surface area contributed by atoms with Gasteiger partial charge in [-0.05, 0) is 39.2 Å². The van der Waals surface area contributed by atoms with Gasteiger partial charge < -0.3 is 20.2 Å². The lowest BCUT2D eigenvalue weighted by molar-refractivity contribution is 0.228. The molecule has 0 saturated carbocycles. The van der Waals surface area contributed by atoms with Crippen molar-refractivity contribution in [3.8, 4) is 0 Å². The van der Waals surface area contributed by atoms with E-state index in [1.54, 1.807) is 0 Å². The topological polar surface area (TPSA) is 74.5 Å².